The molecule has 134 valence electrons. The Hall–Kier alpha value is -2.07. The molecule has 0 aliphatic heterocycles. The van der Waals surface area contributed by atoms with Crippen molar-refractivity contribution in [3.8, 4) is 23.0 Å². The van der Waals surface area contributed by atoms with Gasteiger partial charge in [0.1, 0.15) is 11.5 Å². The summed E-state index contributed by atoms with van der Waals surface area (Å²) < 4.78 is 17.2. The quantitative estimate of drug-likeness (QED) is 0.282. The number of methoxy groups -OCH3 is 2. The minimum absolute atomic E-state index is 0.00852. The summed E-state index contributed by atoms with van der Waals surface area (Å²) in [5.41, 5.74) is 1.35. The summed E-state index contributed by atoms with van der Waals surface area (Å²) in [7, 11) is 3.15. The zero-order valence-corrected chi connectivity index (χ0v) is 17.0. The highest BCUT2D eigenvalue weighted by atomic mass is 127. The molecule has 0 atom stereocenters. The number of benzene rings is 2. The molecule has 26 heavy (non-hydrogen) atoms. The molecule has 0 saturated heterocycles. The molecule has 1 heterocycles. The molecule has 0 bridgehead atoms. The van der Waals surface area contributed by atoms with E-state index in [2.05, 4.69) is 32.8 Å². The van der Waals surface area contributed by atoms with Crippen LogP contribution in [0.3, 0.4) is 0 Å². The fourth-order valence-corrected chi connectivity index (χ4v) is 3.18. The van der Waals surface area contributed by atoms with E-state index in [9.17, 15) is 4.79 Å². The average Bonchev–Trinajstić information content (AvgIpc) is 3.15. The van der Waals surface area contributed by atoms with Crippen molar-refractivity contribution in [2.24, 2.45) is 0 Å². The molecule has 0 unspecified atom stereocenters. The lowest BCUT2D eigenvalue weighted by Gasteiger charge is -2.05. The summed E-state index contributed by atoms with van der Waals surface area (Å²) in [5, 5.41) is 8.37. The topological polar surface area (TPSA) is 74.5 Å². The van der Waals surface area contributed by atoms with E-state index in [0.717, 1.165) is 3.57 Å². The van der Waals surface area contributed by atoms with Crippen LogP contribution in [0.4, 0.5) is 0 Å². The molecular weight excluding hydrogens is 467 g/mol. The van der Waals surface area contributed by atoms with Gasteiger partial charge in [-0.3, -0.25) is 4.79 Å². The number of halogens is 1. The van der Waals surface area contributed by atoms with E-state index < -0.39 is 0 Å². The maximum absolute atomic E-state index is 12.2. The van der Waals surface area contributed by atoms with Gasteiger partial charge in [-0.05, 0) is 46.9 Å². The van der Waals surface area contributed by atoms with E-state index in [-0.39, 0.29) is 11.5 Å². The van der Waals surface area contributed by atoms with Crippen molar-refractivity contribution < 1.29 is 18.7 Å². The largest absolute Gasteiger partial charge is 0.497 e. The summed E-state index contributed by atoms with van der Waals surface area (Å²) in [5.74, 6) is 1.82. The standard InChI is InChI=1S/C18H15IN2O4S/c1-23-14-7-12(8-15(9-14)24-2)17-20-21-18(25-17)26-10-16(22)11-3-5-13(19)6-4-11/h3-9H,10H2,1-2H3. The molecular formula is C18H15IN2O4S. The van der Waals surface area contributed by atoms with E-state index in [1.165, 1.54) is 11.8 Å². The Labute approximate surface area is 168 Å². The van der Waals surface area contributed by atoms with Crippen LogP contribution in [0.1, 0.15) is 10.4 Å². The van der Waals surface area contributed by atoms with Crippen LogP contribution in [-0.4, -0.2) is 36.0 Å². The number of aromatic nitrogens is 2. The Bertz CT molecular complexity index is 890. The normalized spacial score (nSPS) is 10.6. The molecule has 0 fully saturated rings. The SMILES string of the molecule is COc1cc(OC)cc(-c2nnc(SCC(=O)c3ccc(I)cc3)o2)c1. The summed E-state index contributed by atoms with van der Waals surface area (Å²) in [6, 6.07) is 12.7. The zero-order valence-electron chi connectivity index (χ0n) is 14.1. The number of nitrogens with zero attached hydrogens (tertiary/aromatic N) is 2. The van der Waals surface area contributed by atoms with Crippen molar-refractivity contribution in [2.75, 3.05) is 20.0 Å². The highest BCUT2D eigenvalue weighted by molar-refractivity contribution is 14.1. The molecule has 1 aromatic heterocycles. The van der Waals surface area contributed by atoms with Gasteiger partial charge < -0.3 is 13.9 Å². The molecule has 6 nitrogen and oxygen atoms in total. The predicted molar refractivity (Wildman–Crippen MR) is 107 cm³/mol. The molecule has 2 aromatic carbocycles. The lowest BCUT2D eigenvalue weighted by Crippen LogP contribution is -2.02. The summed E-state index contributed by atoms with van der Waals surface area (Å²) in [6.45, 7) is 0. The van der Waals surface area contributed by atoms with Gasteiger partial charge >= 0.3 is 0 Å². The van der Waals surface area contributed by atoms with Gasteiger partial charge in [-0.1, -0.05) is 23.9 Å². The summed E-state index contributed by atoms with van der Waals surface area (Å²) in [6.07, 6.45) is 0. The second-order valence-electron chi connectivity index (χ2n) is 5.19. The molecule has 0 aliphatic rings. The lowest BCUT2D eigenvalue weighted by atomic mass is 10.2. The van der Waals surface area contributed by atoms with Gasteiger partial charge in [-0.2, -0.15) is 0 Å². The minimum atomic E-state index is 0.00852. The first kappa shape index (κ1) is 18.7. The zero-order chi connectivity index (χ0) is 18.5. The van der Waals surface area contributed by atoms with Crippen molar-refractivity contribution in [3.63, 3.8) is 0 Å². The molecule has 8 heteroatoms. The number of hydrogen-bond acceptors (Lipinski definition) is 7. The Morgan fingerprint density at radius 3 is 2.35 bits per heavy atom. The van der Waals surface area contributed by atoms with Crippen molar-refractivity contribution in [1.29, 1.82) is 0 Å². The average molecular weight is 482 g/mol. The van der Waals surface area contributed by atoms with Gasteiger partial charge in [0.2, 0.25) is 5.89 Å². The van der Waals surface area contributed by atoms with Crippen LogP contribution in [0, 0.1) is 3.57 Å². The van der Waals surface area contributed by atoms with E-state index in [4.69, 9.17) is 13.9 Å². The number of hydrogen-bond donors (Lipinski definition) is 0. The molecule has 0 radical (unpaired) electrons. The first-order chi connectivity index (χ1) is 12.6. The van der Waals surface area contributed by atoms with Gasteiger partial charge in [-0.15, -0.1) is 10.2 Å². The fraction of sp³-hybridized carbons (Fsp3) is 0.167. The molecule has 0 amide bonds. The van der Waals surface area contributed by atoms with Gasteiger partial charge in [0.25, 0.3) is 5.22 Å². The van der Waals surface area contributed by atoms with Crippen molar-refractivity contribution >= 4 is 40.1 Å². The van der Waals surface area contributed by atoms with Crippen LogP contribution in [0.15, 0.2) is 52.1 Å². The van der Waals surface area contributed by atoms with Gasteiger partial charge in [0.15, 0.2) is 5.78 Å². The molecule has 3 rings (SSSR count). The number of carbonyl (C=O) groups is 1. The van der Waals surface area contributed by atoms with Gasteiger partial charge in [-0.25, -0.2) is 0 Å². The predicted octanol–water partition coefficient (Wildman–Crippen LogP) is 4.33. The second-order valence-corrected chi connectivity index (χ2v) is 7.37. The lowest BCUT2D eigenvalue weighted by molar-refractivity contribution is 0.102. The highest BCUT2D eigenvalue weighted by Crippen LogP contribution is 2.30. The van der Waals surface area contributed by atoms with Gasteiger partial charge in [0.05, 0.1) is 20.0 Å². The van der Waals surface area contributed by atoms with Crippen molar-refractivity contribution in [2.45, 2.75) is 5.22 Å². The molecule has 0 saturated carbocycles. The Morgan fingerprint density at radius 2 is 1.73 bits per heavy atom. The molecule has 3 aromatic rings. The van der Waals surface area contributed by atoms with Crippen LogP contribution < -0.4 is 9.47 Å². The Kier molecular flexibility index (Phi) is 6.15. The number of ether oxygens (including phenoxy) is 2. The first-order valence-corrected chi connectivity index (χ1v) is 9.64. The third kappa shape index (κ3) is 4.55. The van der Waals surface area contributed by atoms with Crippen LogP contribution >= 0.6 is 34.4 Å². The number of carbonyl (C=O) groups excluding carboxylic acids is 1. The third-order valence-electron chi connectivity index (χ3n) is 3.50. The van der Waals surface area contributed by atoms with Gasteiger partial charge in [0, 0.05) is 20.8 Å². The number of rotatable bonds is 7. The maximum Gasteiger partial charge on any atom is 0.277 e. The monoisotopic (exact) mass is 482 g/mol. The highest BCUT2D eigenvalue weighted by Gasteiger charge is 2.14. The van der Waals surface area contributed by atoms with E-state index in [1.807, 2.05) is 24.3 Å². The second kappa shape index (κ2) is 8.54. The first-order valence-electron chi connectivity index (χ1n) is 7.57. The van der Waals surface area contributed by atoms with E-state index >= 15 is 0 Å². The summed E-state index contributed by atoms with van der Waals surface area (Å²) >= 11 is 3.41. The number of ketones is 1. The van der Waals surface area contributed by atoms with Crippen molar-refractivity contribution in [1.82, 2.24) is 10.2 Å². The van der Waals surface area contributed by atoms with Crippen LogP contribution in [0.5, 0.6) is 11.5 Å². The molecule has 0 spiro atoms. The Balaban J connectivity index is 1.70. The number of Topliss-reactive ketones (excluding diaryl/α,β-unsaturated/α-hetero) is 1. The van der Waals surface area contributed by atoms with Crippen LogP contribution in [0.2, 0.25) is 0 Å². The van der Waals surface area contributed by atoms with Crippen LogP contribution in [-0.2, 0) is 0 Å². The third-order valence-corrected chi connectivity index (χ3v) is 5.04. The molecule has 0 aliphatic carbocycles. The van der Waals surface area contributed by atoms with E-state index in [0.29, 0.717) is 33.7 Å². The van der Waals surface area contributed by atoms with Crippen LogP contribution in [0.25, 0.3) is 11.5 Å². The number of thioether (sulfide) groups is 1. The maximum atomic E-state index is 12.2. The smallest absolute Gasteiger partial charge is 0.277 e. The summed E-state index contributed by atoms with van der Waals surface area (Å²) in [4.78, 5) is 12.2. The van der Waals surface area contributed by atoms with E-state index in [1.54, 1.807) is 32.4 Å². The van der Waals surface area contributed by atoms with Crippen molar-refractivity contribution in [3.05, 3.63) is 51.6 Å². The fourth-order valence-electron chi connectivity index (χ4n) is 2.16. The Morgan fingerprint density at radius 1 is 1.08 bits per heavy atom. The minimum Gasteiger partial charge on any atom is -0.497 e. The molecule has 0 N–H and O–H groups in total.